The monoisotopic (exact) mass is 294 g/mol. The molecule has 0 aliphatic carbocycles. The summed E-state index contributed by atoms with van der Waals surface area (Å²) in [7, 11) is 5.53. The summed E-state index contributed by atoms with van der Waals surface area (Å²) in [6.07, 6.45) is 2.06. The van der Waals surface area contributed by atoms with Crippen LogP contribution in [0.5, 0.6) is 5.75 Å². The molecule has 7 heteroatoms. The first-order valence-electron chi connectivity index (χ1n) is 6.97. The van der Waals surface area contributed by atoms with E-state index in [4.69, 9.17) is 10.5 Å². The normalized spacial score (nSPS) is 18.3. The van der Waals surface area contributed by atoms with Crippen molar-refractivity contribution in [3.63, 3.8) is 0 Å². The van der Waals surface area contributed by atoms with E-state index in [0.717, 1.165) is 25.9 Å². The molecular weight excluding hydrogens is 272 g/mol. The maximum absolute atomic E-state index is 11.3. The number of rotatable bonds is 5. The van der Waals surface area contributed by atoms with Crippen molar-refractivity contribution in [2.45, 2.75) is 18.9 Å². The highest BCUT2D eigenvalue weighted by Crippen LogP contribution is 2.39. The lowest BCUT2D eigenvalue weighted by molar-refractivity contribution is -0.384. The van der Waals surface area contributed by atoms with E-state index in [-0.39, 0.29) is 22.3 Å². The predicted molar refractivity (Wildman–Crippen MR) is 83.0 cm³/mol. The van der Waals surface area contributed by atoms with Crippen LogP contribution in [0.4, 0.5) is 17.1 Å². The van der Waals surface area contributed by atoms with Crippen LogP contribution in [0.1, 0.15) is 12.8 Å². The number of nitrogen functional groups attached to an aromatic ring is 1. The van der Waals surface area contributed by atoms with Gasteiger partial charge < -0.3 is 20.3 Å². The molecule has 1 aromatic rings. The van der Waals surface area contributed by atoms with Crippen LogP contribution < -0.4 is 15.4 Å². The van der Waals surface area contributed by atoms with Crippen LogP contribution in [0.15, 0.2) is 12.1 Å². The number of likely N-dealkylation sites (N-methyl/N-ethyl adjacent to an activating group) is 1. The van der Waals surface area contributed by atoms with Crippen LogP contribution in [0.2, 0.25) is 0 Å². The fourth-order valence-corrected chi connectivity index (χ4v) is 2.89. The summed E-state index contributed by atoms with van der Waals surface area (Å²) in [5, 5.41) is 11.3. The molecule has 1 aliphatic heterocycles. The average molecular weight is 294 g/mol. The SMILES string of the molecule is COc1cc(N2CCCC2CN(C)C)c([N+](=O)[O-])cc1N. The van der Waals surface area contributed by atoms with E-state index in [1.165, 1.54) is 13.2 Å². The molecule has 2 N–H and O–H groups in total. The fourth-order valence-electron chi connectivity index (χ4n) is 2.89. The second-order valence-corrected chi connectivity index (χ2v) is 5.59. The molecule has 1 saturated heterocycles. The number of anilines is 2. The van der Waals surface area contributed by atoms with Gasteiger partial charge in [-0.3, -0.25) is 10.1 Å². The first-order chi connectivity index (χ1) is 9.93. The number of nitro benzene ring substituents is 1. The molecule has 0 bridgehead atoms. The molecule has 116 valence electrons. The highest BCUT2D eigenvalue weighted by atomic mass is 16.6. The zero-order valence-corrected chi connectivity index (χ0v) is 12.7. The van der Waals surface area contributed by atoms with Gasteiger partial charge in [0.05, 0.1) is 17.7 Å². The van der Waals surface area contributed by atoms with E-state index < -0.39 is 0 Å². The highest BCUT2D eigenvalue weighted by Gasteiger charge is 2.31. The van der Waals surface area contributed by atoms with Crippen LogP contribution in [-0.4, -0.2) is 50.2 Å². The first-order valence-corrected chi connectivity index (χ1v) is 6.97. The maximum atomic E-state index is 11.3. The number of nitrogens with two attached hydrogens (primary N) is 1. The second kappa shape index (κ2) is 6.17. The van der Waals surface area contributed by atoms with Gasteiger partial charge in [-0.1, -0.05) is 0 Å². The number of nitrogens with zero attached hydrogens (tertiary/aromatic N) is 3. The Morgan fingerprint density at radius 3 is 2.81 bits per heavy atom. The van der Waals surface area contributed by atoms with E-state index in [9.17, 15) is 10.1 Å². The van der Waals surface area contributed by atoms with E-state index in [1.807, 2.05) is 14.1 Å². The summed E-state index contributed by atoms with van der Waals surface area (Å²) in [5.41, 5.74) is 6.72. The second-order valence-electron chi connectivity index (χ2n) is 5.59. The lowest BCUT2D eigenvalue weighted by atomic mass is 10.1. The molecule has 2 rings (SSSR count). The van der Waals surface area contributed by atoms with Gasteiger partial charge in [0.2, 0.25) is 0 Å². The Hall–Kier alpha value is -2.02. The Morgan fingerprint density at radius 2 is 2.24 bits per heavy atom. The Kier molecular flexibility index (Phi) is 4.52. The smallest absolute Gasteiger partial charge is 0.294 e. The zero-order valence-electron chi connectivity index (χ0n) is 12.7. The predicted octanol–water partition coefficient (Wildman–Crippen LogP) is 1.72. The molecule has 0 aromatic heterocycles. The van der Waals surface area contributed by atoms with Crippen LogP contribution >= 0.6 is 0 Å². The Labute approximate surface area is 124 Å². The van der Waals surface area contributed by atoms with Crippen molar-refractivity contribution in [3.05, 3.63) is 22.2 Å². The standard InChI is InChI=1S/C14H22N4O3/c1-16(2)9-10-5-4-6-17(10)12-8-14(21-3)11(15)7-13(12)18(19)20/h7-8,10H,4-6,9,15H2,1-3H3. The third-order valence-corrected chi connectivity index (χ3v) is 3.79. The van der Waals surface area contributed by atoms with Gasteiger partial charge >= 0.3 is 0 Å². The summed E-state index contributed by atoms with van der Waals surface area (Å²) >= 11 is 0. The zero-order chi connectivity index (χ0) is 15.6. The van der Waals surface area contributed by atoms with Crippen molar-refractivity contribution in [2.24, 2.45) is 0 Å². The Morgan fingerprint density at radius 1 is 1.52 bits per heavy atom. The van der Waals surface area contributed by atoms with Crippen molar-refractivity contribution in [3.8, 4) is 5.75 Å². The molecule has 1 aliphatic rings. The molecule has 1 atom stereocenters. The highest BCUT2D eigenvalue weighted by molar-refractivity contribution is 5.74. The minimum absolute atomic E-state index is 0.0407. The van der Waals surface area contributed by atoms with Gasteiger partial charge in [-0.05, 0) is 26.9 Å². The number of methoxy groups -OCH3 is 1. The molecule has 0 spiro atoms. The maximum Gasteiger partial charge on any atom is 0.294 e. The van der Waals surface area contributed by atoms with Crippen molar-refractivity contribution >= 4 is 17.1 Å². The van der Waals surface area contributed by atoms with Crippen molar-refractivity contribution in [2.75, 3.05) is 44.9 Å². The summed E-state index contributed by atoms with van der Waals surface area (Å²) in [4.78, 5) is 15.2. The molecule has 0 radical (unpaired) electrons. The first kappa shape index (κ1) is 15.4. The van der Waals surface area contributed by atoms with Crippen molar-refractivity contribution in [1.29, 1.82) is 0 Å². The van der Waals surface area contributed by atoms with Gasteiger partial charge in [-0.2, -0.15) is 0 Å². The van der Waals surface area contributed by atoms with Gasteiger partial charge in [-0.25, -0.2) is 0 Å². The summed E-state index contributed by atoms with van der Waals surface area (Å²) in [5.74, 6) is 0.478. The molecule has 1 fully saturated rings. The average Bonchev–Trinajstić information content (AvgIpc) is 2.85. The number of nitro groups is 1. The van der Waals surface area contributed by atoms with Crippen LogP contribution in [0.25, 0.3) is 0 Å². The van der Waals surface area contributed by atoms with E-state index in [1.54, 1.807) is 6.07 Å². The topological polar surface area (TPSA) is 84.9 Å². The van der Waals surface area contributed by atoms with Crippen LogP contribution in [0.3, 0.4) is 0 Å². The quantitative estimate of drug-likeness (QED) is 0.505. The number of hydrogen-bond acceptors (Lipinski definition) is 6. The third kappa shape index (κ3) is 3.18. The lowest BCUT2D eigenvalue weighted by Gasteiger charge is -2.29. The van der Waals surface area contributed by atoms with Crippen LogP contribution in [0, 0.1) is 10.1 Å². The molecule has 0 saturated carbocycles. The van der Waals surface area contributed by atoms with Gasteiger partial charge in [0.15, 0.2) is 0 Å². The minimum atomic E-state index is -0.379. The van der Waals surface area contributed by atoms with E-state index in [2.05, 4.69) is 9.80 Å². The Bertz CT molecular complexity index is 533. The molecule has 21 heavy (non-hydrogen) atoms. The third-order valence-electron chi connectivity index (χ3n) is 3.79. The number of benzene rings is 1. The largest absolute Gasteiger partial charge is 0.495 e. The number of hydrogen-bond donors (Lipinski definition) is 1. The van der Waals surface area contributed by atoms with Gasteiger partial charge in [0, 0.05) is 31.3 Å². The molecule has 1 aromatic carbocycles. The van der Waals surface area contributed by atoms with Gasteiger partial charge in [0.1, 0.15) is 11.4 Å². The molecule has 0 amide bonds. The molecule has 7 nitrogen and oxygen atoms in total. The van der Waals surface area contributed by atoms with Crippen LogP contribution in [-0.2, 0) is 0 Å². The van der Waals surface area contributed by atoms with E-state index >= 15 is 0 Å². The summed E-state index contributed by atoms with van der Waals surface area (Å²) < 4.78 is 5.21. The lowest BCUT2D eigenvalue weighted by Crippen LogP contribution is -2.37. The molecular formula is C14H22N4O3. The minimum Gasteiger partial charge on any atom is -0.495 e. The van der Waals surface area contributed by atoms with E-state index in [0.29, 0.717) is 11.4 Å². The fraction of sp³-hybridized carbons (Fsp3) is 0.571. The number of ether oxygens (including phenoxy) is 1. The Balaban J connectivity index is 2.43. The molecule has 1 unspecified atom stereocenters. The van der Waals surface area contributed by atoms with Crippen molar-refractivity contribution < 1.29 is 9.66 Å². The van der Waals surface area contributed by atoms with Gasteiger partial charge in [-0.15, -0.1) is 0 Å². The summed E-state index contributed by atoms with van der Waals surface area (Å²) in [6, 6.07) is 3.34. The van der Waals surface area contributed by atoms with Crippen molar-refractivity contribution in [1.82, 2.24) is 4.90 Å². The van der Waals surface area contributed by atoms with Gasteiger partial charge in [0.25, 0.3) is 5.69 Å². The summed E-state index contributed by atoms with van der Waals surface area (Å²) in [6.45, 7) is 1.68. The molecule has 1 heterocycles.